The Hall–Kier alpha value is -1.83. The fourth-order valence-corrected chi connectivity index (χ4v) is 5.89. The number of hydrogen-bond acceptors (Lipinski definition) is 6. The van der Waals surface area contributed by atoms with Gasteiger partial charge in [-0.2, -0.15) is 0 Å². The Balaban J connectivity index is 1.47. The molecular formula is C20H20N4S3. The van der Waals surface area contributed by atoms with Gasteiger partial charge in [-0.15, -0.1) is 21.5 Å². The molecule has 7 heteroatoms. The summed E-state index contributed by atoms with van der Waals surface area (Å²) in [6, 6.07) is 18.8. The van der Waals surface area contributed by atoms with Crippen molar-refractivity contribution in [1.29, 1.82) is 0 Å². The number of nitrogens with zero attached hydrogens (tertiary/aromatic N) is 4. The summed E-state index contributed by atoms with van der Waals surface area (Å²) in [6.07, 6.45) is 0. The highest BCUT2D eigenvalue weighted by atomic mass is 32.2. The number of thioether (sulfide) groups is 2. The first kappa shape index (κ1) is 18.5. The molecule has 4 aromatic rings. The smallest absolute Gasteiger partial charge is 0.191 e. The molecule has 2 aromatic heterocycles. The fraction of sp³-hybridized carbons (Fsp3) is 0.250. The number of rotatable bonds is 7. The maximum absolute atomic E-state index is 4.70. The molecule has 4 nitrogen and oxygen atoms in total. The molecule has 2 aromatic carbocycles. The second-order valence-electron chi connectivity index (χ2n) is 6.05. The molecule has 0 amide bonds. The zero-order valence-electron chi connectivity index (χ0n) is 15.2. The number of thiazole rings is 1. The Labute approximate surface area is 171 Å². The third-order valence-corrected chi connectivity index (χ3v) is 7.57. The van der Waals surface area contributed by atoms with Gasteiger partial charge in [0.15, 0.2) is 9.50 Å². The molecule has 4 rings (SSSR count). The van der Waals surface area contributed by atoms with Crippen molar-refractivity contribution in [1.82, 2.24) is 19.7 Å². The summed E-state index contributed by atoms with van der Waals surface area (Å²) in [5, 5.41) is 10.2. The Bertz CT molecular complexity index is 993. The van der Waals surface area contributed by atoms with Crippen molar-refractivity contribution >= 4 is 45.1 Å². The molecule has 1 unspecified atom stereocenters. The molecule has 0 saturated heterocycles. The average molecular weight is 413 g/mol. The van der Waals surface area contributed by atoms with Crippen LogP contribution in [0.1, 0.15) is 30.5 Å². The van der Waals surface area contributed by atoms with Crippen molar-refractivity contribution < 1.29 is 0 Å². The molecule has 1 atom stereocenters. The van der Waals surface area contributed by atoms with Gasteiger partial charge >= 0.3 is 0 Å². The lowest BCUT2D eigenvalue weighted by Crippen LogP contribution is -2.03. The number of benzene rings is 2. The molecule has 0 aliphatic rings. The van der Waals surface area contributed by atoms with Crippen LogP contribution in [0.4, 0.5) is 0 Å². The number of fused-ring (bicyclic) bond motifs is 1. The van der Waals surface area contributed by atoms with Crippen LogP contribution in [0.5, 0.6) is 0 Å². The predicted octanol–water partition coefficient (Wildman–Crippen LogP) is 6.05. The highest BCUT2D eigenvalue weighted by Crippen LogP contribution is 2.35. The Morgan fingerprint density at radius 1 is 1.04 bits per heavy atom. The van der Waals surface area contributed by atoms with E-state index in [1.807, 2.05) is 12.1 Å². The normalized spacial score (nSPS) is 12.5. The van der Waals surface area contributed by atoms with E-state index in [1.54, 1.807) is 34.9 Å². The van der Waals surface area contributed by atoms with E-state index in [1.165, 1.54) is 10.3 Å². The summed E-state index contributed by atoms with van der Waals surface area (Å²) in [5.74, 6) is 1.78. The van der Waals surface area contributed by atoms with E-state index in [0.29, 0.717) is 5.25 Å². The SMILES string of the molecule is CCn1c(CSc2nc3ccccc3s2)nnc1SC(C)c1ccccc1. The van der Waals surface area contributed by atoms with Crippen molar-refractivity contribution in [3.63, 3.8) is 0 Å². The summed E-state index contributed by atoms with van der Waals surface area (Å²) in [7, 11) is 0. The lowest BCUT2D eigenvalue weighted by molar-refractivity contribution is 0.658. The topological polar surface area (TPSA) is 43.6 Å². The first-order chi connectivity index (χ1) is 13.2. The lowest BCUT2D eigenvalue weighted by Gasteiger charge is -2.12. The van der Waals surface area contributed by atoms with E-state index < -0.39 is 0 Å². The third kappa shape index (κ3) is 4.20. The summed E-state index contributed by atoms with van der Waals surface area (Å²) in [5.41, 5.74) is 2.37. The summed E-state index contributed by atoms with van der Waals surface area (Å²) in [4.78, 5) is 4.70. The predicted molar refractivity (Wildman–Crippen MR) is 116 cm³/mol. The Kier molecular flexibility index (Phi) is 5.80. The van der Waals surface area contributed by atoms with Crippen LogP contribution in [0.3, 0.4) is 0 Å². The standard InChI is InChI=1S/C20H20N4S3/c1-3-24-18(13-25-20-21-16-11-7-8-12-17(16)27-20)22-23-19(24)26-14(2)15-9-5-4-6-10-15/h4-12,14H,3,13H2,1-2H3. The van der Waals surface area contributed by atoms with Crippen LogP contribution in [0.15, 0.2) is 64.1 Å². The van der Waals surface area contributed by atoms with Crippen LogP contribution in [-0.4, -0.2) is 19.7 Å². The van der Waals surface area contributed by atoms with E-state index in [2.05, 4.69) is 71.1 Å². The number of hydrogen-bond donors (Lipinski definition) is 0. The Morgan fingerprint density at radius 2 is 1.81 bits per heavy atom. The molecule has 138 valence electrons. The zero-order chi connectivity index (χ0) is 18.6. The van der Waals surface area contributed by atoms with Crippen molar-refractivity contribution in [3.8, 4) is 0 Å². The van der Waals surface area contributed by atoms with Crippen LogP contribution < -0.4 is 0 Å². The van der Waals surface area contributed by atoms with Gasteiger partial charge in [-0.05, 0) is 31.5 Å². The van der Waals surface area contributed by atoms with Crippen LogP contribution in [0.25, 0.3) is 10.2 Å². The minimum Gasteiger partial charge on any atom is -0.306 e. The van der Waals surface area contributed by atoms with Gasteiger partial charge in [0, 0.05) is 11.8 Å². The molecule has 0 aliphatic heterocycles. The zero-order valence-corrected chi connectivity index (χ0v) is 17.7. The van der Waals surface area contributed by atoms with Crippen molar-refractivity contribution in [2.75, 3.05) is 0 Å². The van der Waals surface area contributed by atoms with Crippen LogP contribution >= 0.6 is 34.9 Å². The van der Waals surface area contributed by atoms with Crippen molar-refractivity contribution in [2.24, 2.45) is 0 Å². The van der Waals surface area contributed by atoms with Crippen LogP contribution in [-0.2, 0) is 12.3 Å². The van der Waals surface area contributed by atoms with E-state index in [4.69, 9.17) is 4.98 Å². The molecule has 0 spiro atoms. The minimum absolute atomic E-state index is 0.338. The van der Waals surface area contributed by atoms with Crippen LogP contribution in [0, 0.1) is 0 Å². The van der Waals surface area contributed by atoms with Gasteiger partial charge in [-0.25, -0.2) is 4.98 Å². The van der Waals surface area contributed by atoms with Gasteiger partial charge in [-0.1, -0.05) is 66.0 Å². The molecule has 0 saturated carbocycles. The summed E-state index contributed by atoms with van der Waals surface area (Å²) >= 11 is 5.23. The maximum atomic E-state index is 4.70. The lowest BCUT2D eigenvalue weighted by atomic mass is 10.2. The van der Waals surface area contributed by atoms with Gasteiger partial charge < -0.3 is 4.57 Å². The Morgan fingerprint density at radius 3 is 2.59 bits per heavy atom. The van der Waals surface area contributed by atoms with E-state index in [0.717, 1.165) is 33.1 Å². The first-order valence-corrected chi connectivity index (χ1v) is 11.5. The highest BCUT2D eigenvalue weighted by molar-refractivity contribution is 8.00. The largest absolute Gasteiger partial charge is 0.306 e. The van der Waals surface area contributed by atoms with Crippen molar-refractivity contribution in [3.05, 3.63) is 66.0 Å². The van der Waals surface area contributed by atoms with Gasteiger partial charge in [0.25, 0.3) is 0 Å². The van der Waals surface area contributed by atoms with E-state index in [9.17, 15) is 0 Å². The highest BCUT2D eigenvalue weighted by Gasteiger charge is 2.16. The summed E-state index contributed by atoms with van der Waals surface area (Å²) < 4.78 is 4.52. The summed E-state index contributed by atoms with van der Waals surface area (Å²) in [6.45, 7) is 5.23. The molecule has 2 heterocycles. The van der Waals surface area contributed by atoms with E-state index in [-0.39, 0.29) is 0 Å². The minimum atomic E-state index is 0.338. The maximum Gasteiger partial charge on any atom is 0.191 e. The molecular weight excluding hydrogens is 392 g/mol. The molecule has 0 fully saturated rings. The first-order valence-electron chi connectivity index (χ1n) is 8.86. The number of para-hydroxylation sites is 1. The van der Waals surface area contributed by atoms with Gasteiger partial charge in [0.1, 0.15) is 5.82 Å². The van der Waals surface area contributed by atoms with Crippen molar-refractivity contribution in [2.45, 2.75) is 40.9 Å². The monoisotopic (exact) mass is 412 g/mol. The van der Waals surface area contributed by atoms with Gasteiger partial charge in [0.05, 0.1) is 16.0 Å². The molecule has 27 heavy (non-hydrogen) atoms. The number of aromatic nitrogens is 4. The quantitative estimate of drug-likeness (QED) is 0.346. The van der Waals surface area contributed by atoms with E-state index >= 15 is 0 Å². The molecule has 0 radical (unpaired) electrons. The average Bonchev–Trinajstić information content (AvgIpc) is 3.30. The molecule has 0 N–H and O–H groups in total. The molecule has 0 aliphatic carbocycles. The second kappa shape index (κ2) is 8.46. The second-order valence-corrected chi connectivity index (χ2v) is 9.61. The fourth-order valence-electron chi connectivity index (χ4n) is 2.82. The van der Waals surface area contributed by atoms with Gasteiger partial charge in [0.2, 0.25) is 0 Å². The molecule has 0 bridgehead atoms. The van der Waals surface area contributed by atoms with Gasteiger partial charge in [-0.3, -0.25) is 0 Å². The van der Waals surface area contributed by atoms with Crippen LogP contribution in [0.2, 0.25) is 0 Å². The third-order valence-electron chi connectivity index (χ3n) is 4.26.